The molecule has 2 N–H and O–H groups in total. The van der Waals surface area contributed by atoms with Crippen LogP contribution < -0.4 is 5.56 Å². The van der Waals surface area contributed by atoms with Crippen molar-refractivity contribution in [3.63, 3.8) is 0 Å². The highest BCUT2D eigenvalue weighted by Gasteiger charge is 2.48. The number of carbonyl (C=O) groups is 1. The third kappa shape index (κ3) is 3.19. The van der Waals surface area contributed by atoms with Crippen molar-refractivity contribution in [2.24, 2.45) is 5.41 Å². The standard InChI is InChI=1S/C19H24N4O4/c24-10-9-22-6-2-4-19(18(22)27)5-8-21(13-19)12-14-11-16(26)23-7-1-3-15(25)17(23)20-14/h1,3,7,11,24-25H,2,4-6,8-10,12-13H2. The van der Waals surface area contributed by atoms with Crippen LogP contribution >= 0.6 is 0 Å². The van der Waals surface area contributed by atoms with Crippen LogP contribution in [0.25, 0.3) is 5.65 Å². The van der Waals surface area contributed by atoms with Gasteiger partial charge in [0.15, 0.2) is 11.4 Å². The monoisotopic (exact) mass is 372 g/mol. The Labute approximate surface area is 156 Å². The average Bonchev–Trinajstić information content (AvgIpc) is 3.04. The summed E-state index contributed by atoms with van der Waals surface area (Å²) in [5, 5.41) is 19.2. The van der Waals surface area contributed by atoms with E-state index in [9.17, 15) is 19.8 Å². The van der Waals surface area contributed by atoms with E-state index < -0.39 is 0 Å². The molecule has 27 heavy (non-hydrogen) atoms. The summed E-state index contributed by atoms with van der Waals surface area (Å²) >= 11 is 0. The van der Waals surface area contributed by atoms with Crippen LogP contribution in [0.15, 0.2) is 29.2 Å². The molecule has 4 rings (SSSR count). The predicted octanol–water partition coefficient (Wildman–Crippen LogP) is 0.207. The number of hydrogen-bond acceptors (Lipinski definition) is 6. The van der Waals surface area contributed by atoms with Gasteiger partial charge in [-0.05, 0) is 37.9 Å². The Morgan fingerprint density at radius 1 is 1.22 bits per heavy atom. The summed E-state index contributed by atoms with van der Waals surface area (Å²) in [5.41, 5.74) is 0.218. The van der Waals surface area contributed by atoms with E-state index in [1.54, 1.807) is 17.2 Å². The number of amides is 1. The zero-order chi connectivity index (χ0) is 19.0. The van der Waals surface area contributed by atoms with Crippen molar-refractivity contribution in [3.8, 4) is 5.75 Å². The molecule has 2 fully saturated rings. The summed E-state index contributed by atoms with van der Waals surface area (Å²) in [6.45, 7) is 2.96. The van der Waals surface area contributed by atoms with Gasteiger partial charge in [-0.15, -0.1) is 0 Å². The lowest BCUT2D eigenvalue weighted by atomic mass is 9.78. The minimum atomic E-state index is -0.387. The number of fused-ring (bicyclic) bond motifs is 1. The number of β-amino-alcohol motifs (C(OH)–C–C–N with tert-alkyl or cyclic N) is 1. The van der Waals surface area contributed by atoms with Crippen LogP contribution in [0.5, 0.6) is 5.75 Å². The second-order valence-electron chi connectivity index (χ2n) is 7.53. The number of aromatic nitrogens is 2. The molecule has 0 radical (unpaired) electrons. The molecule has 1 atom stereocenters. The largest absolute Gasteiger partial charge is 0.504 e. The van der Waals surface area contributed by atoms with Crippen molar-refractivity contribution >= 4 is 11.6 Å². The number of pyridine rings is 1. The van der Waals surface area contributed by atoms with E-state index >= 15 is 0 Å². The van der Waals surface area contributed by atoms with Crippen LogP contribution in [0.1, 0.15) is 25.0 Å². The van der Waals surface area contributed by atoms with Gasteiger partial charge in [0.1, 0.15) is 0 Å². The minimum absolute atomic E-state index is 0.0139. The number of piperidine rings is 1. The molecule has 2 aromatic heterocycles. The first-order chi connectivity index (χ1) is 13.0. The van der Waals surface area contributed by atoms with Gasteiger partial charge in [0, 0.05) is 38.4 Å². The Balaban J connectivity index is 1.53. The molecule has 0 aliphatic carbocycles. The molecule has 2 aromatic rings. The highest BCUT2D eigenvalue weighted by Crippen LogP contribution is 2.40. The number of aromatic hydroxyl groups is 1. The van der Waals surface area contributed by atoms with Crippen molar-refractivity contribution in [2.45, 2.75) is 25.8 Å². The van der Waals surface area contributed by atoms with Crippen LogP contribution in [-0.2, 0) is 11.3 Å². The average molecular weight is 372 g/mol. The Hall–Kier alpha value is -2.45. The molecule has 144 valence electrons. The Kier molecular flexibility index (Phi) is 4.61. The van der Waals surface area contributed by atoms with Gasteiger partial charge in [-0.2, -0.15) is 0 Å². The van der Waals surface area contributed by atoms with Crippen LogP contribution in [0.2, 0.25) is 0 Å². The van der Waals surface area contributed by atoms with Gasteiger partial charge < -0.3 is 15.1 Å². The quantitative estimate of drug-likeness (QED) is 0.796. The van der Waals surface area contributed by atoms with Crippen molar-refractivity contribution < 1.29 is 15.0 Å². The Morgan fingerprint density at radius 2 is 2.07 bits per heavy atom. The van der Waals surface area contributed by atoms with E-state index in [1.807, 2.05) is 0 Å². The number of carbonyl (C=O) groups excluding carboxylic acids is 1. The van der Waals surface area contributed by atoms with E-state index in [0.717, 1.165) is 25.8 Å². The fourth-order valence-corrected chi connectivity index (χ4v) is 4.43. The molecule has 8 heteroatoms. The molecule has 2 aliphatic rings. The fourth-order valence-electron chi connectivity index (χ4n) is 4.43. The zero-order valence-electron chi connectivity index (χ0n) is 15.2. The SMILES string of the molecule is O=C1N(CCO)CCCC12CCN(Cc1cc(=O)n3cccc(O)c3n1)C2. The van der Waals surface area contributed by atoms with E-state index in [-0.39, 0.29) is 34.9 Å². The molecule has 8 nitrogen and oxygen atoms in total. The lowest BCUT2D eigenvalue weighted by molar-refractivity contribution is -0.146. The maximum Gasteiger partial charge on any atom is 0.258 e. The van der Waals surface area contributed by atoms with Crippen LogP contribution in [0.3, 0.4) is 0 Å². The smallest absolute Gasteiger partial charge is 0.258 e. The van der Waals surface area contributed by atoms with Crippen molar-refractivity contribution in [3.05, 3.63) is 40.4 Å². The van der Waals surface area contributed by atoms with Gasteiger partial charge in [0.25, 0.3) is 5.56 Å². The number of aliphatic hydroxyl groups is 1. The van der Waals surface area contributed by atoms with E-state index in [1.165, 1.54) is 16.5 Å². The number of aliphatic hydroxyl groups excluding tert-OH is 1. The number of nitrogens with zero attached hydrogens (tertiary/aromatic N) is 4. The molecule has 0 bridgehead atoms. The first kappa shape index (κ1) is 17.9. The molecular weight excluding hydrogens is 348 g/mol. The van der Waals surface area contributed by atoms with Crippen molar-refractivity contribution in [1.29, 1.82) is 0 Å². The zero-order valence-corrected chi connectivity index (χ0v) is 15.2. The van der Waals surface area contributed by atoms with E-state index in [0.29, 0.717) is 31.9 Å². The highest BCUT2D eigenvalue weighted by molar-refractivity contribution is 5.84. The summed E-state index contributed by atoms with van der Waals surface area (Å²) in [7, 11) is 0. The summed E-state index contributed by atoms with van der Waals surface area (Å²) in [4.78, 5) is 33.6. The first-order valence-corrected chi connectivity index (χ1v) is 9.35. The molecule has 1 unspecified atom stereocenters. The van der Waals surface area contributed by atoms with Crippen LogP contribution in [0, 0.1) is 5.41 Å². The highest BCUT2D eigenvalue weighted by atomic mass is 16.3. The molecular formula is C19H24N4O4. The predicted molar refractivity (Wildman–Crippen MR) is 98.4 cm³/mol. The van der Waals surface area contributed by atoms with Gasteiger partial charge in [-0.3, -0.25) is 18.9 Å². The second-order valence-corrected chi connectivity index (χ2v) is 7.53. The second kappa shape index (κ2) is 6.94. The number of likely N-dealkylation sites (tertiary alicyclic amines) is 2. The van der Waals surface area contributed by atoms with Gasteiger partial charge in [0.05, 0.1) is 17.7 Å². The number of rotatable bonds is 4. The summed E-state index contributed by atoms with van der Waals surface area (Å²) in [5.74, 6) is 0.103. The Bertz CT molecular complexity index is 926. The normalized spacial score (nSPS) is 23.6. The fraction of sp³-hybridized carbons (Fsp3) is 0.526. The van der Waals surface area contributed by atoms with Gasteiger partial charge >= 0.3 is 0 Å². The summed E-state index contributed by atoms with van der Waals surface area (Å²) in [6.07, 6.45) is 4.17. The molecule has 4 heterocycles. The molecule has 0 saturated carbocycles. The molecule has 0 aromatic carbocycles. The third-order valence-corrected chi connectivity index (χ3v) is 5.74. The lowest BCUT2D eigenvalue weighted by Crippen LogP contribution is -2.50. The van der Waals surface area contributed by atoms with Gasteiger partial charge in [0.2, 0.25) is 5.91 Å². The first-order valence-electron chi connectivity index (χ1n) is 9.35. The van der Waals surface area contributed by atoms with Crippen molar-refractivity contribution in [2.75, 3.05) is 32.8 Å². The summed E-state index contributed by atoms with van der Waals surface area (Å²) in [6, 6.07) is 4.59. The van der Waals surface area contributed by atoms with E-state index in [2.05, 4.69) is 9.88 Å². The topological polar surface area (TPSA) is 98.4 Å². The van der Waals surface area contributed by atoms with Gasteiger partial charge in [-0.1, -0.05) is 0 Å². The van der Waals surface area contributed by atoms with Crippen molar-refractivity contribution in [1.82, 2.24) is 19.2 Å². The van der Waals surface area contributed by atoms with Crippen LogP contribution in [0.4, 0.5) is 0 Å². The molecule has 1 spiro atoms. The van der Waals surface area contributed by atoms with Crippen LogP contribution in [-0.4, -0.2) is 68.1 Å². The molecule has 1 amide bonds. The maximum atomic E-state index is 12.9. The molecule has 2 aliphatic heterocycles. The van der Waals surface area contributed by atoms with Gasteiger partial charge in [-0.25, -0.2) is 4.98 Å². The Morgan fingerprint density at radius 3 is 2.89 bits per heavy atom. The summed E-state index contributed by atoms with van der Waals surface area (Å²) < 4.78 is 1.32. The lowest BCUT2D eigenvalue weighted by Gasteiger charge is -2.39. The van der Waals surface area contributed by atoms with E-state index in [4.69, 9.17) is 0 Å². The molecule has 2 saturated heterocycles. The minimum Gasteiger partial charge on any atom is -0.504 e. The third-order valence-electron chi connectivity index (χ3n) is 5.74. The maximum absolute atomic E-state index is 12.9. The number of hydrogen-bond donors (Lipinski definition) is 2.